The van der Waals surface area contributed by atoms with Crippen LogP contribution in [0, 0.1) is 0 Å². The molecule has 1 N–H and O–H groups in total. The first-order valence-electron chi connectivity index (χ1n) is 4.24. The maximum absolute atomic E-state index is 12.9. The van der Waals surface area contributed by atoms with Gasteiger partial charge in [-0.05, 0) is 34.0 Å². The van der Waals surface area contributed by atoms with Crippen LogP contribution in [0.15, 0.2) is 11.9 Å². The Morgan fingerprint density at radius 1 is 1.54 bits per heavy atom. The molecule has 0 bridgehead atoms. The number of nitrogens with one attached hydrogen (secondary N) is 1. The standard InChI is InChI=1S/C9H17FN2O/c1-7(2)11-9(13)8(10)5-6-12(3)4/h5,7H,6H2,1-4H3,(H,11,13)/b8-5+. The summed E-state index contributed by atoms with van der Waals surface area (Å²) < 4.78 is 12.9. The Hall–Kier alpha value is -0.900. The average molecular weight is 188 g/mol. The summed E-state index contributed by atoms with van der Waals surface area (Å²) in [7, 11) is 3.62. The average Bonchev–Trinajstić information content (AvgIpc) is 1.98. The van der Waals surface area contributed by atoms with Crippen LogP contribution < -0.4 is 5.32 Å². The maximum atomic E-state index is 12.9. The molecule has 0 spiro atoms. The van der Waals surface area contributed by atoms with Crippen LogP contribution >= 0.6 is 0 Å². The molecule has 0 saturated heterocycles. The van der Waals surface area contributed by atoms with E-state index in [0.717, 1.165) is 0 Å². The number of likely N-dealkylation sites (N-methyl/N-ethyl adjacent to an activating group) is 1. The lowest BCUT2D eigenvalue weighted by Crippen LogP contribution is -2.30. The van der Waals surface area contributed by atoms with Gasteiger partial charge in [-0.25, -0.2) is 4.39 Å². The van der Waals surface area contributed by atoms with Crippen molar-refractivity contribution in [2.75, 3.05) is 20.6 Å². The molecule has 0 heterocycles. The first-order valence-corrected chi connectivity index (χ1v) is 4.24. The normalized spacial score (nSPS) is 12.4. The van der Waals surface area contributed by atoms with E-state index in [4.69, 9.17) is 0 Å². The summed E-state index contributed by atoms with van der Waals surface area (Å²) in [6.07, 6.45) is 1.26. The number of hydrogen-bond donors (Lipinski definition) is 1. The summed E-state index contributed by atoms with van der Waals surface area (Å²) in [5, 5.41) is 2.47. The molecule has 0 unspecified atom stereocenters. The second-order valence-electron chi connectivity index (χ2n) is 3.44. The van der Waals surface area contributed by atoms with Crippen LogP contribution in [0.4, 0.5) is 4.39 Å². The van der Waals surface area contributed by atoms with Crippen LogP contribution in [0.2, 0.25) is 0 Å². The Bertz CT molecular complexity index is 200. The molecule has 4 heteroatoms. The molecule has 0 atom stereocenters. The highest BCUT2D eigenvalue weighted by atomic mass is 19.1. The van der Waals surface area contributed by atoms with Gasteiger partial charge in [-0.2, -0.15) is 0 Å². The first-order chi connectivity index (χ1) is 5.93. The van der Waals surface area contributed by atoms with Gasteiger partial charge in [0.15, 0.2) is 5.83 Å². The third kappa shape index (κ3) is 6.28. The topological polar surface area (TPSA) is 32.3 Å². The van der Waals surface area contributed by atoms with Crippen molar-refractivity contribution >= 4 is 5.91 Å². The van der Waals surface area contributed by atoms with E-state index in [9.17, 15) is 9.18 Å². The molecule has 0 fully saturated rings. The molecule has 13 heavy (non-hydrogen) atoms. The summed E-state index contributed by atoms with van der Waals surface area (Å²) in [5.41, 5.74) is 0. The molecular formula is C9H17FN2O. The Morgan fingerprint density at radius 2 is 2.08 bits per heavy atom. The zero-order chi connectivity index (χ0) is 10.4. The van der Waals surface area contributed by atoms with Crippen LogP contribution in [-0.2, 0) is 4.79 Å². The van der Waals surface area contributed by atoms with E-state index in [0.29, 0.717) is 6.54 Å². The fourth-order valence-electron chi connectivity index (χ4n) is 0.687. The second kappa shape index (κ2) is 5.70. The van der Waals surface area contributed by atoms with Crippen molar-refractivity contribution in [1.82, 2.24) is 10.2 Å². The highest BCUT2D eigenvalue weighted by molar-refractivity contribution is 5.91. The fourth-order valence-corrected chi connectivity index (χ4v) is 0.687. The highest BCUT2D eigenvalue weighted by Gasteiger charge is 2.08. The lowest BCUT2D eigenvalue weighted by Gasteiger charge is -2.07. The predicted molar refractivity (Wildman–Crippen MR) is 51.0 cm³/mol. The molecule has 76 valence electrons. The first kappa shape index (κ1) is 12.1. The van der Waals surface area contributed by atoms with Crippen LogP contribution in [0.25, 0.3) is 0 Å². The number of carbonyl (C=O) groups is 1. The molecule has 0 rings (SSSR count). The van der Waals surface area contributed by atoms with Gasteiger partial charge in [0.25, 0.3) is 5.91 Å². The van der Waals surface area contributed by atoms with E-state index in [2.05, 4.69) is 5.32 Å². The van der Waals surface area contributed by atoms with Crippen LogP contribution in [-0.4, -0.2) is 37.5 Å². The van der Waals surface area contributed by atoms with Crippen molar-refractivity contribution in [3.63, 3.8) is 0 Å². The molecular weight excluding hydrogens is 171 g/mol. The smallest absolute Gasteiger partial charge is 0.279 e. The number of hydrogen-bond acceptors (Lipinski definition) is 2. The van der Waals surface area contributed by atoms with Crippen molar-refractivity contribution in [3.8, 4) is 0 Å². The maximum Gasteiger partial charge on any atom is 0.279 e. The third-order valence-electron chi connectivity index (χ3n) is 1.27. The SMILES string of the molecule is CC(C)NC(=O)/C(F)=C\CN(C)C. The van der Waals surface area contributed by atoms with Crippen molar-refractivity contribution in [2.45, 2.75) is 19.9 Å². The van der Waals surface area contributed by atoms with Gasteiger partial charge in [0, 0.05) is 12.6 Å². The zero-order valence-corrected chi connectivity index (χ0v) is 8.60. The van der Waals surface area contributed by atoms with Crippen LogP contribution in [0.1, 0.15) is 13.8 Å². The fraction of sp³-hybridized carbons (Fsp3) is 0.667. The summed E-state index contributed by atoms with van der Waals surface area (Å²) in [6, 6.07) is -0.0361. The number of halogens is 1. The van der Waals surface area contributed by atoms with E-state index in [1.807, 2.05) is 14.1 Å². The number of amides is 1. The Labute approximate surface area is 78.6 Å². The van der Waals surface area contributed by atoms with Crippen molar-refractivity contribution in [3.05, 3.63) is 11.9 Å². The van der Waals surface area contributed by atoms with Crippen molar-refractivity contribution in [1.29, 1.82) is 0 Å². The minimum Gasteiger partial charge on any atom is -0.348 e. The summed E-state index contributed by atoms with van der Waals surface area (Å²) in [6.45, 7) is 4.01. The largest absolute Gasteiger partial charge is 0.348 e. The Kier molecular flexibility index (Phi) is 5.30. The quantitative estimate of drug-likeness (QED) is 0.665. The van der Waals surface area contributed by atoms with Gasteiger partial charge in [-0.15, -0.1) is 0 Å². The predicted octanol–water partition coefficient (Wildman–Crippen LogP) is 0.926. The van der Waals surface area contributed by atoms with Gasteiger partial charge in [-0.3, -0.25) is 4.79 Å². The van der Waals surface area contributed by atoms with E-state index in [1.54, 1.807) is 18.7 Å². The summed E-state index contributed by atoms with van der Waals surface area (Å²) in [4.78, 5) is 12.8. The molecule has 0 aliphatic carbocycles. The molecule has 0 aromatic rings. The van der Waals surface area contributed by atoms with Crippen molar-refractivity contribution in [2.24, 2.45) is 0 Å². The molecule has 0 aromatic carbocycles. The van der Waals surface area contributed by atoms with Crippen molar-refractivity contribution < 1.29 is 9.18 Å². The van der Waals surface area contributed by atoms with E-state index >= 15 is 0 Å². The third-order valence-corrected chi connectivity index (χ3v) is 1.27. The van der Waals surface area contributed by atoms with Gasteiger partial charge >= 0.3 is 0 Å². The van der Waals surface area contributed by atoms with E-state index in [-0.39, 0.29) is 6.04 Å². The second-order valence-corrected chi connectivity index (χ2v) is 3.44. The van der Waals surface area contributed by atoms with Crippen LogP contribution in [0.3, 0.4) is 0 Å². The van der Waals surface area contributed by atoms with Gasteiger partial charge in [0.05, 0.1) is 0 Å². The minimum atomic E-state index is -0.720. The minimum absolute atomic E-state index is 0.0361. The highest BCUT2D eigenvalue weighted by Crippen LogP contribution is 1.97. The van der Waals surface area contributed by atoms with Crippen LogP contribution in [0.5, 0.6) is 0 Å². The number of rotatable bonds is 4. The Morgan fingerprint density at radius 3 is 2.46 bits per heavy atom. The summed E-state index contributed by atoms with van der Waals surface area (Å²) >= 11 is 0. The number of nitrogens with zero attached hydrogens (tertiary/aromatic N) is 1. The van der Waals surface area contributed by atoms with E-state index < -0.39 is 11.7 Å². The Balaban J connectivity index is 4.01. The molecule has 0 aliphatic heterocycles. The molecule has 1 amide bonds. The molecule has 3 nitrogen and oxygen atoms in total. The number of carbonyl (C=O) groups excluding carboxylic acids is 1. The van der Waals surface area contributed by atoms with Gasteiger partial charge < -0.3 is 10.2 Å². The molecule has 0 aliphatic rings. The van der Waals surface area contributed by atoms with Gasteiger partial charge in [0.1, 0.15) is 0 Å². The van der Waals surface area contributed by atoms with Gasteiger partial charge in [0.2, 0.25) is 0 Å². The monoisotopic (exact) mass is 188 g/mol. The molecule has 0 saturated carbocycles. The zero-order valence-electron chi connectivity index (χ0n) is 8.60. The van der Waals surface area contributed by atoms with E-state index in [1.165, 1.54) is 6.08 Å². The molecule has 0 aromatic heterocycles. The lowest BCUT2D eigenvalue weighted by atomic mass is 10.3. The lowest BCUT2D eigenvalue weighted by molar-refractivity contribution is -0.119. The molecule has 0 radical (unpaired) electrons. The summed E-state index contributed by atoms with van der Waals surface area (Å²) in [5.74, 6) is -1.36. The van der Waals surface area contributed by atoms with Gasteiger partial charge in [-0.1, -0.05) is 0 Å².